The maximum atomic E-state index is 12.6. The van der Waals surface area contributed by atoms with Crippen LogP contribution in [0.5, 0.6) is 17.2 Å². The summed E-state index contributed by atoms with van der Waals surface area (Å²) in [5, 5.41) is 30.9. The van der Waals surface area contributed by atoms with Crippen molar-refractivity contribution in [2.75, 3.05) is 13.7 Å². The Morgan fingerprint density at radius 3 is 2.56 bits per heavy atom. The largest absolute Gasteiger partial charge is 0.504 e. The molecule has 0 spiro atoms. The summed E-state index contributed by atoms with van der Waals surface area (Å²) in [6.45, 7) is 4.31. The minimum atomic E-state index is -0.526. The molecule has 0 saturated heterocycles. The molecule has 4 aromatic rings. The first-order chi connectivity index (χ1) is 18.9. The number of rotatable bonds is 8. The van der Waals surface area contributed by atoms with Crippen LogP contribution in [-0.4, -0.2) is 50.3 Å². The minimum absolute atomic E-state index is 0.103. The van der Waals surface area contributed by atoms with Crippen LogP contribution in [0, 0.1) is 6.92 Å². The van der Waals surface area contributed by atoms with Crippen molar-refractivity contribution in [2.24, 2.45) is 4.99 Å². The summed E-state index contributed by atoms with van der Waals surface area (Å²) < 4.78 is 7.51. The Hall–Kier alpha value is -4.31. The average molecular weight is 544 g/mol. The number of amides is 1. The number of aromatic nitrogens is 3. The highest BCUT2D eigenvalue weighted by molar-refractivity contribution is 7.98. The van der Waals surface area contributed by atoms with Gasteiger partial charge in [0.15, 0.2) is 17.3 Å². The maximum absolute atomic E-state index is 12.6. The maximum Gasteiger partial charge on any atom is 0.222 e. The zero-order valence-electron chi connectivity index (χ0n) is 21.9. The van der Waals surface area contributed by atoms with E-state index in [-0.39, 0.29) is 23.8 Å². The third-order valence-electron chi connectivity index (χ3n) is 6.46. The van der Waals surface area contributed by atoms with Crippen molar-refractivity contribution >= 4 is 23.4 Å². The quantitative estimate of drug-likeness (QED) is 0.217. The molecule has 2 heterocycles. The van der Waals surface area contributed by atoms with E-state index in [0.717, 1.165) is 33.0 Å². The number of phenolic OH excluding ortho intramolecular Hbond substituents is 2. The van der Waals surface area contributed by atoms with Crippen LogP contribution in [-0.2, 0) is 10.5 Å². The van der Waals surface area contributed by atoms with Gasteiger partial charge in [-0.2, -0.15) is 0 Å². The van der Waals surface area contributed by atoms with Crippen LogP contribution in [0.15, 0.2) is 70.6 Å². The van der Waals surface area contributed by atoms with Gasteiger partial charge >= 0.3 is 0 Å². The summed E-state index contributed by atoms with van der Waals surface area (Å²) in [6, 6.07) is 18.2. The molecule has 9 nitrogen and oxygen atoms in total. The summed E-state index contributed by atoms with van der Waals surface area (Å²) in [7, 11) is 1.63. The molecule has 1 atom stereocenters. The number of nitrogens with one attached hydrogen (secondary N) is 1. The van der Waals surface area contributed by atoms with Crippen molar-refractivity contribution in [3.05, 3.63) is 89.0 Å². The highest BCUT2D eigenvalue weighted by atomic mass is 32.2. The molecule has 1 aromatic heterocycles. The Morgan fingerprint density at radius 2 is 1.85 bits per heavy atom. The smallest absolute Gasteiger partial charge is 0.222 e. The summed E-state index contributed by atoms with van der Waals surface area (Å²) in [5.41, 5.74) is 4.27. The van der Waals surface area contributed by atoms with E-state index in [4.69, 9.17) is 9.73 Å². The van der Waals surface area contributed by atoms with Gasteiger partial charge in [-0.1, -0.05) is 18.2 Å². The second-order valence-corrected chi connectivity index (χ2v) is 10.2. The molecule has 3 N–H and O–H groups in total. The first kappa shape index (κ1) is 26.3. The number of thioether (sulfide) groups is 1. The van der Waals surface area contributed by atoms with Crippen LogP contribution >= 0.6 is 11.8 Å². The van der Waals surface area contributed by atoms with Crippen LogP contribution in [0.1, 0.15) is 47.7 Å². The first-order valence-electron chi connectivity index (χ1n) is 12.6. The predicted octanol–water partition coefficient (Wildman–Crippen LogP) is 4.71. The molecule has 0 radical (unpaired) electrons. The lowest BCUT2D eigenvalue weighted by atomic mass is 10.00. The van der Waals surface area contributed by atoms with E-state index < -0.39 is 6.04 Å². The molecular weight excluding hydrogens is 514 g/mol. The van der Waals surface area contributed by atoms with Gasteiger partial charge < -0.3 is 20.3 Å². The lowest BCUT2D eigenvalue weighted by molar-refractivity contribution is -0.121. The molecule has 1 aliphatic heterocycles. The van der Waals surface area contributed by atoms with Crippen LogP contribution in [0.25, 0.3) is 5.69 Å². The second-order valence-electron chi connectivity index (χ2n) is 9.11. The lowest BCUT2D eigenvalue weighted by Gasteiger charge is -2.14. The minimum Gasteiger partial charge on any atom is -0.504 e. The van der Waals surface area contributed by atoms with E-state index in [0.29, 0.717) is 29.7 Å². The Bertz CT molecular complexity index is 1550. The van der Waals surface area contributed by atoms with E-state index in [9.17, 15) is 15.0 Å². The summed E-state index contributed by atoms with van der Waals surface area (Å²) in [6.07, 6.45) is 0.147. The van der Waals surface area contributed by atoms with Crippen molar-refractivity contribution in [1.29, 1.82) is 0 Å². The molecule has 0 fully saturated rings. The fraction of sp³-hybridized carbons (Fsp3) is 0.241. The third kappa shape index (κ3) is 5.46. The van der Waals surface area contributed by atoms with Gasteiger partial charge in [0.05, 0.1) is 24.9 Å². The van der Waals surface area contributed by atoms with Crippen molar-refractivity contribution in [3.8, 4) is 22.9 Å². The number of nitrogens with zero attached hydrogens (tertiary/aromatic N) is 4. The van der Waals surface area contributed by atoms with Gasteiger partial charge in [0.1, 0.15) is 17.6 Å². The molecule has 1 amide bonds. The molecule has 39 heavy (non-hydrogen) atoms. The SMILES string of the molecule is CCNC(=O)CC1N=C(c2ccc(SCc3ccc(O)c(O)c3)cc2)c2cc(OC)ccc2-n2c(C)nnc21. The number of aryl methyl sites for hydroxylation is 1. The van der Waals surface area contributed by atoms with Gasteiger partial charge in [-0.15, -0.1) is 22.0 Å². The Balaban J connectivity index is 1.52. The highest BCUT2D eigenvalue weighted by Crippen LogP contribution is 2.35. The predicted molar refractivity (Wildman–Crippen MR) is 150 cm³/mol. The molecule has 5 rings (SSSR count). The number of aromatic hydroxyl groups is 2. The first-order valence-corrected chi connectivity index (χ1v) is 13.6. The summed E-state index contributed by atoms with van der Waals surface area (Å²) in [5.74, 6) is 2.29. The van der Waals surface area contributed by atoms with Crippen molar-refractivity contribution in [2.45, 2.75) is 37.0 Å². The number of benzene rings is 3. The van der Waals surface area contributed by atoms with Crippen LogP contribution in [0.4, 0.5) is 0 Å². The Morgan fingerprint density at radius 1 is 1.05 bits per heavy atom. The fourth-order valence-electron chi connectivity index (χ4n) is 4.55. The monoisotopic (exact) mass is 543 g/mol. The Labute approximate surface area is 230 Å². The third-order valence-corrected chi connectivity index (χ3v) is 7.54. The number of carbonyl (C=O) groups is 1. The molecule has 3 aromatic carbocycles. The van der Waals surface area contributed by atoms with E-state index in [2.05, 4.69) is 15.5 Å². The summed E-state index contributed by atoms with van der Waals surface area (Å²) in [4.78, 5) is 18.8. The van der Waals surface area contributed by atoms with Crippen LogP contribution in [0.2, 0.25) is 0 Å². The van der Waals surface area contributed by atoms with Gasteiger partial charge in [-0.3, -0.25) is 14.4 Å². The number of aliphatic imine (C=N–C) groups is 1. The molecule has 1 unspecified atom stereocenters. The standard InChI is InChI=1S/C29H29N5O4S/c1-4-30-27(37)15-23-29-33-32-17(2)34(29)24-11-8-20(38-3)14-22(24)28(31-23)19-6-9-21(10-7-19)39-16-18-5-12-25(35)26(36)13-18/h5-14,23,35-36H,4,15-16H2,1-3H3,(H,30,37). The number of ether oxygens (including phenoxy) is 1. The molecule has 0 saturated carbocycles. The molecule has 0 bridgehead atoms. The van der Waals surface area contributed by atoms with Gasteiger partial charge in [0.25, 0.3) is 0 Å². The van der Waals surface area contributed by atoms with E-state index in [1.54, 1.807) is 31.0 Å². The van der Waals surface area contributed by atoms with Crippen LogP contribution in [0.3, 0.4) is 0 Å². The summed E-state index contributed by atoms with van der Waals surface area (Å²) >= 11 is 1.62. The van der Waals surface area contributed by atoms with Crippen molar-refractivity contribution in [3.63, 3.8) is 0 Å². The highest BCUT2D eigenvalue weighted by Gasteiger charge is 2.30. The zero-order valence-corrected chi connectivity index (χ0v) is 22.7. The van der Waals surface area contributed by atoms with Crippen molar-refractivity contribution < 1.29 is 19.7 Å². The van der Waals surface area contributed by atoms with E-state index in [1.807, 2.05) is 60.9 Å². The number of hydrogen-bond donors (Lipinski definition) is 3. The van der Waals surface area contributed by atoms with Crippen LogP contribution < -0.4 is 10.1 Å². The molecular formula is C29H29N5O4S. The number of phenols is 2. The van der Waals surface area contributed by atoms with Gasteiger partial charge in [0.2, 0.25) is 5.91 Å². The lowest BCUT2D eigenvalue weighted by Crippen LogP contribution is -2.25. The second kappa shape index (κ2) is 11.2. The molecule has 0 aliphatic carbocycles. The van der Waals surface area contributed by atoms with Gasteiger partial charge in [-0.25, -0.2) is 0 Å². The molecule has 200 valence electrons. The normalized spacial score (nSPS) is 14.1. The molecule has 10 heteroatoms. The Kier molecular flexibility index (Phi) is 7.56. The number of methoxy groups -OCH3 is 1. The molecule has 1 aliphatic rings. The zero-order chi connectivity index (χ0) is 27.5. The number of hydrogen-bond acceptors (Lipinski definition) is 8. The number of fused-ring (bicyclic) bond motifs is 3. The number of carbonyl (C=O) groups excluding carboxylic acids is 1. The van der Waals surface area contributed by atoms with Gasteiger partial charge in [0, 0.05) is 28.3 Å². The van der Waals surface area contributed by atoms with E-state index in [1.165, 1.54) is 6.07 Å². The van der Waals surface area contributed by atoms with Gasteiger partial charge in [-0.05, 0) is 61.9 Å². The average Bonchev–Trinajstić information content (AvgIpc) is 3.26. The topological polar surface area (TPSA) is 122 Å². The van der Waals surface area contributed by atoms with Crippen molar-refractivity contribution in [1.82, 2.24) is 20.1 Å². The van der Waals surface area contributed by atoms with E-state index >= 15 is 0 Å². The fourth-order valence-corrected chi connectivity index (χ4v) is 5.39.